The minimum absolute atomic E-state index is 0.315. The normalized spacial score (nSPS) is 18.2. The standard InChI is InChI=1S/C14H20F2N2/c1-2-17-13-5-7-18(8-6-13)10-11-9-12(15)3-4-14(11)16/h3-4,9,13,17H,2,5-8,10H2,1H3. The minimum Gasteiger partial charge on any atom is -0.314 e. The Morgan fingerprint density at radius 3 is 2.67 bits per heavy atom. The minimum atomic E-state index is -0.367. The van der Waals surface area contributed by atoms with Crippen LogP contribution in [0.15, 0.2) is 18.2 Å². The molecule has 0 spiro atoms. The molecule has 18 heavy (non-hydrogen) atoms. The molecule has 1 aromatic carbocycles. The number of hydrogen-bond acceptors (Lipinski definition) is 2. The van der Waals surface area contributed by atoms with Crippen LogP contribution in [0.1, 0.15) is 25.3 Å². The van der Waals surface area contributed by atoms with E-state index in [-0.39, 0.29) is 11.6 Å². The third-order valence-corrected chi connectivity index (χ3v) is 3.48. The van der Waals surface area contributed by atoms with E-state index in [2.05, 4.69) is 17.1 Å². The predicted molar refractivity (Wildman–Crippen MR) is 68.3 cm³/mol. The van der Waals surface area contributed by atoms with Gasteiger partial charge in [0.15, 0.2) is 0 Å². The van der Waals surface area contributed by atoms with Crippen LogP contribution in [0.25, 0.3) is 0 Å². The molecule has 1 aliphatic heterocycles. The van der Waals surface area contributed by atoms with Gasteiger partial charge in [-0.3, -0.25) is 4.90 Å². The summed E-state index contributed by atoms with van der Waals surface area (Å²) in [5, 5.41) is 3.43. The second kappa shape index (κ2) is 6.25. The van der Waals surface area contributed by atoms with E-state index in [4.69, 9.17) is 0 Å². The Morgan fingerprint density at radius 2 is 2.00 bits per heavy atom. The average Bonchev–Trinajstić information content (AvgIpc) is 2.37. The van der Waals surface area contributed by atoms with Gasteiger partial charge in [-0.2, -0.15) is 0 Å². The van der Waals surface area contributed by atoms with E-state index >= 15 is 0 Å². The van der Waals surface area contributed by atoms with E-state index in [1.807, 2.05) is 0 Å². The van der Waals surface area contributed by atoms with Gasteiger partial charge in [-0.15, -0.1) is 0 Å². The summed E-state index contributed by atoms with van der Waals surface area (Å²) >= 11 is 0. The van der Waals surface area contributed by atoms with E-state index in [0.717, 1.165) is 38.5 Å². The highest BCUT2D eigenvalue weighted by molar-refractivity contribution is 5.18. The molecule has 0 atom stereocenters. The third kappa shape index (κ3) is 3.50. The first-order chi connectivity index (χ1) is 8.69. The molecular formula is C14H20F2N2. The SMILES string of the molecule is CCNC1CCN(Cc2cc(F)ccc2F)CC1. The highest BCUT2D eigenvalue weighted by Crippen LogP contribution is 2.16. The molecule has 1 aromatic rings. The molecule has 1 fully saturated rings. The molecule has 2 nitrogen and oxygen atoms in total. The van der Waals surface area contributed by atoms with E-state index < -0.39 is 0 Å². The fourth-order valence-corrected chi connectivity index (χ4v) is 2.49. The summed E-state index contributed by atoms with van der Waals surface area (Å²) in [6, 6.07) is 4.24. The van der Waals surface area contributed by atoms with Gasteiger partial charge >= 0.3 is 0 Å². The summed E-state index contributed by atoms with van der Waals surface area (Å²) in [5.74, 6) is -0.681. The second-order valence-corrected chi connectivity index (χ2v) is 4.84. The summed E-state index contributed by atoms with van der Waals surface area (Å²) in [6.45, 7) is 5.47. The molecule has 0 saturated carbocycles. The number of halogens is 2. The Labute approximate surface area is 107 Å². The van der Waals surface area contributed by atoms with Crippen molar-refractivity contribution in [3.8, 4) is 0 Å². The molecule has 0 aliphatic carbocycles. The number of nitrogens with one attached hydrogen (secondary N) is 1. The average molecular weight is 254 g/mol. The lowest BCUT2D eigenvalue weighted by molar-refractivity contribution is 0.189. The van der Waals surface area contributed by atoms with Crippen molar-refractivity contribution in [1.82, 2.24) is 10.2 Å². The van der Waals surface area contributed by atoms with Crippen molar-refractivity contribution < 1.29 is 8.78 Å². The van der Waals surface area contributed by atoms with Crippen molar-refractivity contribution in [3.05, 3.63) is 35.4 Å². The first-order valence-corrected chi connectivity index (χ1v) is 6.58. The van der Waals surface area contributed by atoms with Crippen molar-refractivity contribution in [2.24, 2.45) is 0 Å². The Morgan fingerprint density at radius 1 is 1.28 bits per heavy atom. The van der Waals surface area contributed by atoms with E-state index in [1.165, 1.54) is 12.1 Å². The quantitative estimate of drug-likeness (QED) is 0.888. The molecule has 100 valence electrons. The number of benzene rings is 1. The maximum absolute atomic E-state index is 13.5. The summed E-state index contributed by atoms with van der Waals surface area (Å²) < 4.78 is 26.6. The van der Waals surface area contributed by atoms with Crippen LogP contribution in [0.3, 0.4) is 0 Å². The number of hydrogen-bond donors (Lipinski definition) is 1. The molecule has 1 heterocycles. The van der Waals surface area contributed by atoms with Gasteiger partial charge in [0.25, 0.3) is 0 Å². The zero-order chi connectivity index (χ0) is 13.0. The first-order valence-electron chi connectivity index (χ1n) is 6.58. The molecule has 4 heteroatoms. The molecule has 0 unspecified atom stereocenters. The van der Waals surface area contributed by atoms with Crippen molar-refractivity contribution in [2.45, 2.75) is 32.4 Å². The van der Waals surface area contributed by atoms with Crippen LogP contribution in [0, 0.1) is 11.6 Å². The van der Waals surface area contributed by atoms with Crippen molar-refractivity contribution >= 4 is 0 Å². The van der Waals surface area contributed by atoms with Crippen LogP contribution < -0.4 is 5.32 Å². The molecule has 0 amide bonds. The number of rotatable bonds is 4. The van der Waals surface area contributed by atoms with E-state index in [9.17, 15) is 8.78 Å². The molecule has 1 N–H and O–H groups in total. The lowest BCUT2D eigenvalue weighted by Crippen LogP contribution is -2.42. The smallest absolute Gasteiger partial charge is 0.127 e. The second-order valence-electron chi connectivity index (χ2n) is 4.84. The van der Waals surface area contributed by atoms with Crippen LogP contribution in [-0.4, -0.2) is 30.6 Å². The van der Waals surface area contributed by atoms with Gasteiger partial charge in [0.2, 0.25) is 0 Å². The van der Waals surface area contributed by atoms with Crippen molar-refractivity contribution in [1.29, 1.82) is 0 Å². The number of likely N-dealkylation sites (tertiary alicyclic amines) is 1. The summed E-state index contributed by atoms with van der Waals surface area (Å²) in [7, 11) is 0. The van der Waals surface area contributed by atoms with Crippen LogP contribution in [0.5, 0.6) is 0 Å². The van der Waals surface area contributed by atoms with E-state index in [1.54, 1.807) is 0 Å². The monoisotopic (exact) mass is 254 g/mol. The van der Waals surface area contributed by atoms with Gasteiger partial charge < -0.3 is 5.32 Å². The molecule has 0 radical (unpaired) electrons. The third-order valence-electron chi connectivity index (χ3n) is 3.48. The van der Waals surface area contributed by atoms with Crippen molar-refractivity contribution in [2.75, 3.05) is 19.6 Å². The molecule has 0 bridgehead atoms. The van der Waals surface area contributed by atoms with Crippen LogP contribution in [-0.2, 0) is 6.54 Å². The van der Waals surface area contributed by atoms with Crippen LogP contribution >= 0.6 is 0 Å². The van der Waals surface area contributed by atoms with Gasteiger partial charge in [0.1, 0.15) is 11.6 Å². The number of piperidine rings is 1. The zero-order valence-corrected chi connectivity index (χ0v) is 10.8. The lowest BCUT2D eigenvalue weighted by atomic mass is 10.0. The fraction of sp³-hybridized carbons (Fsp3) is 0.571. The topological polar surface area (TPSA) is 15.3 Å². The highest BCUT2D eigenvalue weighted by atomic mass is 19.1. The van der Waals surface area contributed by atoms with Crippen molar-refractivity contribution in [3.63, 3.8) is 0 Å². The first kappa shape index (κ1) is 13.4. The van der Waals surface area contributed by atoms with Gasteiger partial charge in [0.05, 0.1) is 0 Å². The van der Waals surface area contributed by atoms with E-state index in [0.29, 0.717) is 18.2 Å². The molecule has 1 saturated heterocycles. The van der Waals surface area contributed by atoms with Gasteiger partial charge in [-0.25, -0.2) is 8.78 Å². The van der Waals surface area contributed by atoms with Gasteiger partial charge in [-0.1, -0.05) is 6.92 Å². The number of nitrogens with zero attached hydrogens (tertiary/aromatic N) is 1. The lowest BCUT2D eigenvalue weighted by Gasteiger charge is -2.32. The Kier molecular flexibility index (Phi) is 4.66. The van der Waals surface area contributed by atoms with Crippen LogP contribution in [0.2, 0.25) is 0 Å². The molecular weight excluding hydrogens is 234 g/mol. The van der Waals surface area contributed by atoms with Gasteiger partial charge in [0, 0.05) is 18.2 Å². The largest absolute Gasteiger partial charge is 0.314 e. The predicted octanol–water partition coefficient (Wildman–Crippen LogP) is 2.54. The maximum Gasteiger partial charge on any atom is 0.127 e. The summed E-state index contributed by atoms with van der Waals surface area (Å²) in [5.41, 5.74) is 0.455. The summed E-state index contributed by atoms with van der Waals surface area (Å²) in [4.78, 5) is 2.19. The Bertz CT molecular complexity index is 387. The maximum atomic E-state index is 13.5. The highest BCUT2D eigenvalue weighted by Gasteiger charge is 2.19. The zero-order valence-electron chi connectivity index (χ0n) is 10.8. The fourth-order valence-electron chi connectivity index (χ4n) is 2.49. The Hall–Kier alpha value is -1.00. The van der Waals surface area contributed by atoms with Gasteiger partial charge in [-0.05, 0) is 50.7 Å². The molecule has 0 aromatic heterocycles. The summed E-state index contributed by atoms with van der Waals surface area (Å²) in [6.07, 6.45) is 2.15. The Balaban J connectivity index is 1.89. The van der Waals surface area contributed by atoms with Crippen LogP contribution in [0.4, 0.5) is 8.78 Å². The molecule has 2 rings (SSSR count). The molecule has 1 aliphatic rings.